The van der Waals surface area contributed by atoms with E-state index in [4.69, 9.17) is 4.74 Å². The highest BCUT2D eigenvalue weighted by Gasteiger charge is 2.40. The fraction of sp³-hybridized carbons (Fsp3) is 0.174. The highest BCUT2D eigenvalue weighted by molar-refractivity contribution is 7.89. The Morgan fingerprint density at radius 1 is 1.00 bits per heavy atom. The second-order valence-electron chi connectivity index (χ2n) is 7.05. The Morgan fingerprint density at radius 2 is 1.69 bits per heavy atom. The molecular formula is C23H21NO4S. The van der Waals surface area contributed by atoms with Gasteiger partial charge in [0.15, 0.2) is 0 Å². The molecule has 1 unspecified atom stereocenters. The van der Waals surface area contributed by atoms with Crippen LogP contribution in [0.2, 0.25) is 0 Å². The molecule has 1 atom stereocenters. The molecule has 3 aromatic rings. The van der Waals surface area contributed by atoms with E-state index in [1.807, 2.05) is 49.4 Å². The van der Waals surface area contributed by atoms with Crippen LogP contribution in [0.3, 0.4) is 0 Å². The Bertz CT molecular complexity index is 1210. The zero-order chi connectivity index (χ0) is 20.6. The smallest absolute Gasteiger partial charge is 0.335 e. The predicted molar refractivity (Wildman–Crippen MR) is 112 cm³/mol. The van der Waals surface area contributed by atoms with Crippen molar-refractivity contribution in [3.05, 3.63) is 89.5 Å². The third-order valence-corrected chi connectivity index (χ3v) is 7.06. The van der Waals surface area contributed by atoms with Crippen LogP contribution in [-0.4, -0.2) is 32.3 Å². The molecule has 0 aromatic heterocycles. The molecule has 1 aliphatic heterocycles. The third kappa shape index (κ3) is 3.45. The molecule has 0 amide bonds. The standard InChI is InChI=1S/C23H21NO4S/c1-16-7-11-20(12-8-16)29(26,27)24-14-13-21(23(25)28-2)22(24)19-10-9-17-5-3-4-6-18(17)15-19/h3-13,15,22H,14H2,1-2H3. The molecule has 4 rings (SSSR count). The first-order valence-electron chi connectivity index (χ1n) is 9.27. The number of methoxy groups -OCH3 is 1. The number of nitrogens with zero attached hydrogens (tertiary/aromatic N) is 1. The molecule has 0 saturated heterocycles. The lowest BCUT2D eigenvalue weighted by Crippen LogP contribution is -2.33. The summed E-state index contributed by atoms with van der Waals surface area (Å²) >= 11 is 0. The zero-order valence-corrected chi connectivity index (χ0v) is 17.0. The Balaban J connectivity index is 1.83. The Hall–Kier alpha value is -2.96. The van der Waals surface area contributed by atoms with Crippen LogP contribution < -0.4 is 0 Å². The van der Waals surface area contributed by atoms with Crippen molar-refractivity contribution in [1.29, 1.82) is 0 Å². The summed E-state index contributed by atoms with van der Waals surface area (Å²) in [6.07, 6.45) is 1.64. The summed E-state index contributed by atoms with van der Waals surface area (Å²) in [7, 11) is -2.50. The minimum absolute atomic E-state index is 0.109. The first-order valence-corrected chi connectivity index (χ1v) is 10.7. The molecule has 5 nitrogen and oxygen atoms in total. The summed E-state index contributed by atoms with van der Waals surface area (Å²) in [6.45, 7) is 2.01. The summed E-state index contributed by atoms with van der Waals surface area (Å²) in [5, 5.41) is 2.03. The molecule has 0 spiro atoms. The molecule has 0 N–H and O–H groups in total. The predicted octanol–water partition coefficient (Wildman–Crippen LogP) is 3.99. The maximum atomic E-state index is 13.4. The van der Waals surface area contributed by atoms with E-state index in [1.165, 1.54) is 11.4 Å². The molecule has 0 aliphatic carbocycles. The number of benzene rings is 3. The van der Waals surface area contributed by atoms with Gasteiger partial charge in [0.25, 0.3) is 0 Å². The SMILES string of the molecule is COC(=O)C1=CCN(S(=O)(=O)c2ccc(C)cc2)C1c1ccc2ccccc2c1. The van der Waals surface area contributed by atoms with Gasteiger partial charge in [-0.05, 0) is 41.5 Å². The van der Waals surface area contributed by atoms with Crippen LogP contribution in [0.1, 0.15) is 17.2 Å². The minimum atomic E-state index is -3.81. The van der Waals surface area contributed by atoms with E-state index in [2.05, 4.69) is 0 Å². The molecular weight excluding hydrogens is 386 g/mol. The van der Waals surface area contributed by atoms with Gasteiger partial charge in [0, 0.05) is 6.54 Å². The highest BCUT2D eigenvalue weighted by Crippen LogP contribution is 2.39. The van der Waals surface area contributed by atoms with Gasteiger partial charge in [-0.2, -0.15) is 4.31 Å². The number of aryl methyl sites for hydroxylation is 1. The number of hydrogen-bond donors (Lipinski definition) is 0. The number of carbonyl (C=O) groups is 1. The fourth-order valence-corrected chi connectivity index (χ4v) is 5.21. The normalized spacial score (nSPS) is 17.3. The molecule has 1 heterocycles. The van der Waals surface area contributed by atoms with Crippen molar-refractivity contribution in [3.8, 4) is 0 Å². The van der Waals surface area contributed by atoms with Gasteiger partial charge in [-0.25, -0.2) is 13.2 Å². The molecule has 6 heteroatoms. The van der Waals surface area contributed by atoms with Gasteiger partial charge >= 0.3 is 5.97 Å². The van der Waals surface area contributed by atoms with E-state index in [-0.39, 0.29) is 11.4 Å². The molecule has 29 heavy (non-hydrogen) atoms. The van der Waals surface area contributed by atoms with Crippen LogP contribution in [0.15, 0.2) is 83.3 Å². The van der Waals surface area contributed by atoms with Crippen molar-refractivity contribution < 1.29 is 17.9 Å². The van der Waals surface area contributed by atoms with Crippen LogP contribution in [0.5, 0.6) is 0 Å². The van der Waals surface area contributed by atoms with Crippen molar-refractivity contribution in [2.24, 2.45) is 0 Å². The van der Waals surface area contributed by atoms with E-state index in [9.17, 15) is 13.2 Å². The molecule has 0 bridgehead atoms. The van der Waals surface area contributed by atoms with Crippen LogP contribution in [0.25, 0.3) is 10.8 Å². The lowest BCUT2D eigenvalue weighted by atomic mass is 9.98. The number of sulfonamides is 1. The molecule has 0 radical (unpaired) electrons. The number of rotatable bonds is 4. The number of esters is 1. The minimum Gasteiger partial charge on any atom is -0.466 e. The highest BCUT2D eigenvalue weighted by atomic mass is 32.2. The lowest BCUT2D eigenvalue weighted by Gasteiger charge is -2.26. The molecule has 1 aliphatic rings. The number of fused-ring (bicyclic) bond motifs is 1. The fourth-order valence-electron chi connectivity index (χ4n) is 3.68. The Labute approximate surface area is 170 Å². The largest absolute Gasteiger partial charge is 0.466 e. The van der Waals surface area contributed by atoms with Crippen molar-refractivity contribution in [2.75, 3.05) is 13.7 Å². The van der Waals surface area contributed by atoms with Crippen molar-refractivity contribution in [3.63, 3.8) is 0 Å². The van der Waals surface area contributed by atoms with E-state index >= 15 is 0 Å². The maximum Gasteiger partial charge on any atom is 0.335 e. The Kier molecular flexibility index (Phi) is 4.98. The van der Waals surface area contributed by atoms with E-state index < -0.39 is 22.0 Å². The second kappa shape index (κ2) is 7.46. The number of carbonyl (C=O) groups excluding carboxylic acids is 1. The summed E-state index contributed by atoms with van der Waals surface area (Å²) in [6, 6.07) is 19.6. The maximum absolute atomic E-state index is 13.4. The van der Waals surface area contributed by atoms with E-state index in [0.717, 1.165) is 21.9 Å². The molecule has 148 valence electrons. The van der Waals surface area contributed by atoms with Gasteiger partial charge in [-0.15, -0.1) is 0 Å². The first-order chi connectivity index (χ1) is 13.9. The molecule has 0 fully saturated rings. The third-order valence-electron chi connectivity index (χ3n) is 5.21. The first kappa shape index (κ1) is 19.4. The quantitative estimate of drug-likeness (QED) is 0.614. The van der Waals surface area contributed by atoms with Crippen LogP contribution in [-0.2, 0) is 19.6 Å². The van der Waals surface area contributed by atoms with Crippen molar-refractivity contribution in [1.82, 2.24) is 4.31 Å². The van der Waals surface area contributed by atoms with Gasteiger partial charge in [0.2, 0.25) is 10.0 Å². The van der Waals surface area contributed by atoms with Gasteiger partial charge in [0.05, 0.1) is 23.6 Å². The summed E-state index contributed by atoms with van der Waals surface area (Å²) in [4.78, 5) is 12.6. The van der Waals surface area contributed by atoms with Gasteiger partial charge in [-0.1, -0.05) is 60.2 Å². The number of hydrogen-bond acceptors (Lipinski definition) is 4. The number of ether oxygens (including phenoxy) is 1. The van der Waals surface area contributed by atoms with E-state index in [1.54, 1.807) is 30.3 Å². The van der Waals surface area contributed by atoms with Crippen LogP contribution in [0.4, 0.5) is 0 Å². The summed E-state index contributed by atoms with van der Waals surface area (Å²) in [5.74, 6) is -0.523. The summed E-state index contributed by atoms with van der Waals surface area (Å²) < 4.78 is 33.1. The average molecular weight is 407 g/mol. The van der Waals surface area contributed by atoms with Crippen LogP contribution >= 0.6 is 0 Å². The van der Waals surface area contributed by atoms with Crippen LogP contribution in [0, 0.1) is 6.92 Å². The van der Waals surface area contributed by atoms with E-state index in [0.29, 0.717) is 5.57 Å². The van der Waals surface area contributed by atoms with Crippen molar-refractivity contribution in [2.45, 2.75) is 17.9 Å². The van der Waals surface area contributed by atoms with Gasteiger partial charge in [-0.3, -0.25) is 0 Å². The molecule has 3 aromatic carbocycles. The zero-order valence-electron chi connectivity index (χ0n) is 16.2. The lowest BCUT2D eigenvalue weighted by molar-refractivity contribution is -0.136. The average Bonchev–Trinajstić information content (AvgIpc) is 3.19. The van der Waals surface area contributed by atoms with Gasteiger partial charge in [0.1, 0.15) is 0 Å². The monoisotopic (exact) mass is 407 g/mol. The van der Waals surface area contributed by atoms with Gasteiger partial charge < -0.3 is 4.74 Å². The van der Waals surface area contributed by atoms with Crippen molar-refractivity contribution >= 4 is 26.8 Å². The molecule has 0 saturated carbocycles. The summed E-state index contributed by atoms with van der Waals surface area (Å²) in [5.41, 5.74) is 2.04. The Morgan fingerprint density at radius 3 is 2.38 bits per heavy atom. The topological polar surface area (TPSA) is 63.7 Å². The second-order valence-corrected chi connectivity index (χ2v) is 8.94.